The van der Waals surface area contributed by atoms with Crippen molar-refractivity contribution in [3.8, 4) is 0 Å². The Morgan fingerprint density at radius 1 is 1.33 bits per heavy atom. The normalized spacial score (nSPS) is 11.3. The van der Waals surface area contributed by atoms with Gasteiger partial charge in [-0.2, -0.15) is 0 Å². The van der Waals surface area contributed by atoms with Crippen molar-refractivity contribution in [2.24, 2.45) is 4.99 Å². The second-order valence-electron chi connectivity index (χ2n) is 2.91. The van der Waals surface area contributed by atoms with E-state index < -0.39 is 16.5 Å². The Kier molecular flexibility index (Phi) is 7.40. The van der Waals surface area contributed by atoms with Gasteiger partial charge in [0.25, 0.3) is 0 Å². The Hall–Kier alpha value is -0.154. The zero-order valence-electron chi connectivity index (χ0n) is 8.62. The second-order valence-corrected chi connectivity index (χ2v) is 8.89. The summed E-state index contributed by atoms with van der Waals surface area (Å²) in [7, 11) is 0. The number of aliphatic imine (C=N–C) groups is 1. The molecule has 0 aliphatic carbocycles. The molecule has 0 unspecified atom stereocenters. The van der Waals surface area contributed by atoms with E-state index in [0.717, 1.165) is 13.1 Å². The van der Waals surface area contributed by atoms with Gasteiger partial charge in [0.2, 0.25) is 0 Å². The van der Waals surface area contributed by atoms with E-state index in [4.69, 9.17) is 0 Å². The number of rotatable bonds is 5. The molecule has 0 bridgehead atoms. The minimum absolute atomic E-state index is 0.875. The van der Waals surface area contributed by atoms with E-state index in [-0.39, 0.29) is 0 Å². The van der Waals surface area contributed by atoms with E-state index >= 15 is 0 Å². The predicted molar refractivity (Wildman–Crippen MR) is 58.0 cm³/mol. The zero-order valence-corrected chi connectivity index (χ0v) is 11.0. The molecule has 0 aromatic rings. The quantitative estimate of drug-likeness (QED) is 0.517. The van der Waals surface area contributed by atoms with Crippen molar-refractivity contribution in [3.05, 3.63) is 12.3 Å². The molecule has 3 heteroatoms. The first-order chi connectivity index (χ1) is 5.72. The van der Waals surface area contributed by atoms with Gasteiger partial charge in [0.15, 0.2) is 0 Å². The van der Waals surface area contributed by atoms with E-state index in [1.807, 2.05) is 19.2 Å². The SMILES string of the molecule is CCN=C/C=C\[N](CC)[Ga]([CH3])[CH3]. The average molecular weight is 225 g/mol. The first kappa shape index (κ1) is 11.8. The molecule has 0 rings (SSSR count). The Balaban J connectivity index is 3.84. The number of hydrogen-bond donors (Lipinski definition) is 0. The summed E-state index contributed by atoms with van der Waals surface area (Å²) in [5.74, 6) is 0. The fraction of sp³-hybridized carbons (Fsp3) is 0.667. The molecule has 0 saturated carbocycles. The molecule has 0 amide bonds. The average Bonchev–Trinajstić information content (AvgIpc) is 2.04. The summed E-state index contributed by atoms with van der Waals surface area (Å²) in [6, 6.07) is 0. The molecule has 0 atom stereocenters. The van der Waals surface area contributed by atoms with Crippen LogP contribution >= 0.6 is 0 Å². The van der Waals surface area contributed by atoms with Gasteiger partial charge < -0.3 is 0 Å². The molecule has 0 heterocycles. The maximum absolute atomic E-state index is 4.12. The van der Waals surface area contributed by atoms with E-state index in [1.54, 1.807) is 0 Å². The van der Waals surface area contributed by atoms with Crippen molar-refractivity contribution < 1.29 is 0 Å². The van der Waals surface area contributed by atoms with Crippen LogP contribution in [-0.4, -0.2) is 39.4 Å². The van der Waals surface area contributed by atoms with Crippen molar-refractivity contribution in [2.45, 2.75) is 24.8 Å². The third-order valence-corrected chi connectivity index (χ3v) is 5.59. The maximum atomic E-state index is 4.12. The van der Waals surface area contributed by atoms with Crippen molar-refractivity contribution in [2.75, 3.05) is 13.1 Å². The van der Waals surface area contributed by atoms with Gasteiger partial charge >= 0.3 is 81.4 Å². The van der Waals surface area contributed by atoms with Gasteiger partial charge in [-0.25, -0.2) is 0 Å². The van der Waals surface area contributed by atoms with E-state index in [1.165, 1.54) is 0 Å². The summed E-state index contributed by atoms with van der Waals surface area (Å²) in [6.45, 7) is 6.25. The first-order valence-electron chi connectivity index (χ1n) is 4.64. The van der Waals surface area contributed by atoms with Gasteiger partial charge in [0, 0.05) is 0 Å². The Morgan fingerprint density at radius 3 is 2.42 bits per heavy atom. The third kappa shape index (κ3) is 5.49. The zero-order chi connectivity index (χ0) is 9.40. The van der Waals surface area contributed by atoms with E-state index in [9.17, 15) is 0 Å². The number of hydrogen-bond acceptors (Lipinski definition) is 2. The van der Waals surface area contributed by atoms with Crippen LogP contribution in [0, 0.1) is 0 Å². The molecule has 0 saturated heterocycles. The summed E-state index contributed by atoms with van der Waals surface area (Å²) in [5.41, 5.74) is 4.75. The fourth-order valence-electron chi connectivity index (χ4n) is 0.958. The molecule has 68 valence electrons. The van der Waals surface area contributed by atoms with Gasteiger partial charge in [0.05, 0.1) is 0 Å². The molecular formula is C9H19GaN2. The molecule has 0 aliphatic heterocycles. The Labute approximate surface area is 81.7 Å². The van der Waals surface area contributed by atoms with E-state index in [2.05, 4.69) is 32.7 Å². The fourth-order valence-corrected chi connectivity index (χ4v) is 3.42. The van der Waals surface area contributed by atoms with Crippen molar-refractivity contribution in [1.29, 1.82) is 0 Å². The van der Waals surface area contributed by atoms with Crippen LogP contribution in [0.25, 0.3) is 0 Å². The van der Waals surface area contributed by atoms with Gasteiger partial charge in [-0.1, -0.05) is 0 Å². The summed E-state index contributed by atoms with van der Waals surface area (Å²) in [4.78, 5) is 4.12. The van der Waals surface area contributed by atoms with Gasteiger partial charge in [-0.3, -0.25) is 0 Å². The number of nitrogens with zero attached hydrogens (tertiary/aromatic N) is 2. The third-order valence-electron chi connectivity index (χ3n) is 1.68. The summed E-state index contributed by atoms with van der Waals surface area (Å²) >= 11 is -1.08. The second kappa shape index (κ2) is 7.49. The van der Waals surface area contributed by atoms with Crippen LogP contribution in [0.1, 0.15) is 13.8 Å². The molecule has 0 fully saturated rings. The first-order valence-corrected chi connectivity index (χ1v) is 10.6. The molecule has 0 aromatic carbocycles. The van der Waals surface area contributed by atoms with Gasteiger partial charge in [-0.15, -0.1) is 0 Å². The Morgan fingerprint density at radius 2 is 2.00 bits per heavy atom. The molecule has 2 nitrogen and oxygen atoms in total. The molecule has 0 radical (unpaired) electrons. The summed E-state index contributed by atoms with van der Waals surface area (Å²) in [5, 5.41) is 0. The van der Waals surface area contributed by atoms with Gasteiger partial charge in [-0.05, 0) is 0 Å². The molecular weight excluding hydrogens is 206 g/mol. The van der Waals surface area contributed by atoms with Crippen LogP contribution in [0.4, 0.5) is 0 Å². The van der Waals surface area contributed by atoms with Crippen LogP contribution < -0.4 is 0 Å². The topological polar surface area (TPSA) is 15.6 Å². The van der Waals surface area contributed by atoms with Crippen LogP contribution in [0.5, 0.6) is 0 Å². The standard InChI is InChI=1S/C7H13N2.2CH3.Ga/c1-3-8-6-5-7-9-4-2;;;/h5-7H,3-4H2,1-2H3;2*1H3;/q-1;;;+1/b6-5-,9-7?;;;. The predicted octanol–water partition coefficient (Wildman–Crippen LogP) is 2.16. The molecule has 0 spiro atoms. The van der Waals surface area contributed by atoms with E-state index in [0.29, 0.717) is 0 Å². The molecule has 12 heavy (non-hydrogen) atoms. The van der Waals surface area contributed by atoms with Crippen LogP contribution in [0.2, 0.25) is 11.0 Å². The summed E-state index contributed by atoms with van der Waals surface area (Å²) in [6.07, 6.45) is 6.09. The summed E-state index contributed by atoms with van der Waals surface area (Å²) < 4.78 is 2.45. The Bertz CT molecular complexity index is 153. The van der Waals surface area contributed by atoms with Crippen molar-refractivity contribution >= 4 is 22.7 Å². The number of allylic oxidation sites excluding steroid dienone is 1. The minimum atomic E-state index is -1.08. The van der Waals surface area contributed by atoms with Crippen molar-refractivity contribution in [3.63, 3.8) is 0 Å². The van der Waals surface area contributed by atoms with Crippen LogP contribution in [0.15, 0.2) is 17.3 Å². The monoisotopic (exact) mass is 224 g/mol. The molecule has 0 aliphatic rings. The van der Waals surface area contributed by atoms with Crippen molar-refractivity contribution in [1.82, 2.24) is 3.61 Å². The van der Waals surface area contributed by atoms with Crippen LogP contribution in [-0.2, 0) is 0 Å². The molecule has 0 N–H and O–H groups in total. The molecule has 0 aromatic heterocycles. The van der Waals surface area contributed by atoms with Gasteiger partial charge in [0.1, 0.15) is 0 Å². The van der Waals surface area contributed by atoms with Crippen LogP contribution in [0.3, 0.4) is 0 Å².